The molecule has 0 aliphatic heterocycles. The lowest BCUT2D eigenvalue weighted by Crippen LogP contribution is -2.36. The molecule has 0 fully saturated rings. The maximum Gasteiger partial charge on any atom is 0.00385 e. The van der Waals surface area contributed by atoms with E-state index in [9.17, 15) is 0 Å². The lowest BCUT2D eigenvalue weighted by Gasteiger charge is -2.27. The van der Waals surface area contributed by atoms with Crippen molar-refractivity contribution >= 4 is 0 Å². The fourth-order valence-corrected chi connectivity index (χ4v) is 1.18. The molecule has 1 atom stereocenters. The monoisotopic (exact) mass is 158 g/mol. The molecule has 0 amide bonds. The van der Waals surface area contributed by atoms with Crippen LogP contribution < -0.4 is 5.73 Å². The smallest absolute Gasteiger partial charge is 0.00385 e. The lowest BCUT2D eigenvalue weighted by atomic mass is 10.1. The summed E-state index contributed by atoms with van der Waals surface area (Å²) in [5, 5.41) is 0. The van der Waals surface area contributed by atoms with Crippen molar-refractivity contribution in [3.05, 3.63) is 0 Å². The molecule has 0 radical (unpaired) electrons. The fourth-order valence-electron chi connectivity index (χ4n) is 1.18. The summed E-state index contributed by atoms with van der Waals surface area (Å²) in [6.07, 6.45) is 0. The Labute approximate surface area is 70.8 Å². The van der Waals surface area contributed by atoms with Crippen LogP contribution in [0, 0.1) is 5.92 Å². The van der Waals surface area contributed by atoms with Gasteiger partial charge < -0.3 is 10.6 Å². The van der Waals surface area contributed by atoms with Crippen LogP contribution in [0.5, 0.6) is 0 Å². The first-order valence-corrected chi connectivity index (χ1v) is 4.55. The molecule has 2 nitrogen and oxygen atoms in total. The molecule has 0 bridgehead atoms. The minimum absolute atomic E-state index is 0.623. The van der Waals surface area contributed by atoms with Crippen LogP contribution in [0.1, 0.15) is 27.7 Å². The first-order valence-electron chi connectivity index (χ1n) is 4.55. The topological polar surface area (TPSA) is 29.3 Å². The predicted octanol–water partition coefficient (Wildman–Crippen LogP) is 1.31. The Morgan fingerprint density at radius 2 is 1.82 bits per heavy atom. The van der Waals surface area contributed by atoms with Crippen molar-refractivity contribution in [3.63, 3.8) is 0 Å². The quantitative estimate of drug-likeness (QED) is 0.653. The third-order valence-corrected chi connectivity index (χ3v) is 2.09. The third-order valence-electron chi connectivity index (χ3n) is 2.09. The zero-order chi connectivity index (χ0) is 8.85. The zero-order valence-corrected chi connectivity index (χ0v) is 8.30. The molecule has 0 rings (SSSR count). The molecule has 0 aromatic heterocycles. The number of hydrogen-bond donors (Lipinski definition) is 1. The Hall–Kier alpha value is -0.0800. The first-order chi connectivity index (χ1) is 5.11. The first kappa shape index (κ1) is 10.9. The highest BCUT2D eigenvalue weighted by Crippen LogP contribution is 2.02. The van der Waals surface area contributed by atoms with Crippen molar-refractivity contribution in [2.45, 2.75) is 33.7 Å². The zero-order valence-electron chi connectivity index (χ0n) is 8.30. The van der Waals surface area contributed by atoms with Gasteiger partial charge >= 0.3 is 0 Å². The fraction of sp³-hybridized carbons (Fsp3) is 1.00. The molecule has 2 heteroatoms. The van der Waals surface area contributed by atoms with Crippen molar-refractivity contribution in [1.29, 1.82) is 0 Å². The largest absolute Gasteiger partial charge is 0.330 e. The van der Waals surface area contributed by atoms with E-state index in [1.165, 1.54) is 0 Å². The Balaban J connectivity index is 3.68. The average Bonchev–Trinajstić information content (AvgIpc) is 1.99. The molecule has 1 unspecified atom stereocenters. The second-order valence-corrected chi connectivity index (χ2v) is 3.52. The van der Waals surface area contributed by atoms with Crippen molar-refractivity contribution in [1.82, 2.24) is 4.90 Å². The molecule has 0 aromatic carbocycles. The third kappa shape index (κ3) is 4.38. The van der Waals surface area contributed by atoms with Gasteiger partial charge in [0.2, 0.25) is 0 Å². The summed E-state index contributed by atoms with van der Waals surface area (Å²) in [6.45, 7) is 11.9. The lowest BCUT2D eigenvalue weighted by molar-refractivity contribution is 0.204. The van der Waals surface area contributed by atoms with E-state index in [0.29, 0.717) is 12.0 Å². The Morgan fingerprint density at radius 1 is 1.27 bits per heavy atom. The van der Waals surface area contributed by atoms with Gasteiger partial charge in [0.1, 0.15) is 0 Å². The maximum absolute atomic E-state index is 5.55. The van der Waals surface area contributed by atoms with Crippen LogP contribution in [0.25, 0.3) is 0 Å². The van der Waals surface area contributed by atoms with Gasteiger partial charge in [-0.3, -0.25) is 0 Å². The van der Waals surface area contributed by atoms with Gasteiger partial charge in [0.05, 0.1) is 0 Å². The van der Waals surface area contributed by atoms with Gasteiger partial charge in [0, 0.05) is 12.6 Å². The van der Waals surface area contributed by atoms with Crippen LogP contribution in [0.2, 0.25) is 0 Å². The molecule has 11 heavy (non-hydrogen) atoms. The molecule has 0 saturated heterocycles. The van der Waals surface area contributed by atoms with E-state index in [0.717, 1.165) is 19.6 Å². The van der Waals surface area contributed by atoms with E-state index >= 15 is 0 Å². The molecular weight excluding hydrogens is 136 g/mol. The summed E-state index contributed by atoms with van der Waals surface area (Å²) in [7, 11) is 0. The highest BCUT2D eigenvalue weighted by molar-refractivity contribution is 4.65. The summed E-state index contributed by atoms with van der Waals surface area (Å²) < 4.78 is 0. The van der Waals surface area contributed by atoms with Crippen molar-refractivity contribution < 1.29 is 0 Å². The normalized spacial score (nSPS) is 14.5. The van der Waals surface area contributed by atoms with Gasteiger partial charge in [-0.1, -0.05) is 13.8 Å². The van der Waals surface area contributed by atoms with E-state index in [1.807, 2.05) is 0 Å². The van der Waals surface area contributed by atoms with Crippen LogP contribution in [-0.4, -0.2) is 30.6 Å². The molecule has 0 aromatic rings. The van der Waals surface area contributed by atoms with Crippen LogP contribution in [0.15, 0.2) is 0 Å². The van der Waals surface area contributed by atoms with E-state index in [2.05, 4.69) is 32.6 Å². The summed E-state index contributed by atoms with van der Waals surface area (Å²) >= 11 is 0. The Bertz CT molecular complexity index is 91.6. The summed E-state index contributed by atoms with van der Waals surface area (Å²) in [6, 6.07) is 0.647. The molecule has 0 saturated carbocycles. The van der Waals surface area contributed by atoms with Gasteiger partial charge in [-0.25, -0.2) is 0 Å². The van der Waals surface area contributed by atoms with Crippen LogP contribution in [-0.2, 0) is 0 Å². The van der Waals surface area contributed by atoms with Crippen molar-refractivity contribution in [2.24, 2.45) is 11.7 Å². The van der Waals surface area contributed by atoms with Gasteiger partial charge in [-0.05, 0) is 32.9 Å². The SMILES string of the molecule is CCN(CC(C)CN)C(C)C. The van der Waals surface area contributed by atoms with Gasteiger partial charge in [-0.15, -0.1) is 0 Å². The Morgan fingerprint density at radius 3 is 2.09 bits per heavy atom. The second-order valence-electron chi connectivity index (χ2n) is 3.52. The van der Waals surface area contributed by atoms with Gasteiger partial charge in [-0.2, -0.15) is 0 Å². The van der Waals surface area contributed by atoms with E-state index in [-0.39, 0.29) is 0 Å². The maximum atomic E-state index is 5.55. The molecule has 2 N–H and O–H groups in total. The number of hydrogen-bond acceptors (Lipinski definition) is 2. The summed E-state index contributed by atoms with van der Waals surface area (Å²) in [5.74, 6) is 0.623. The van der Waals surface area contributed by atoms with Crippen LogP contribution >= 0.6 is 0 Å². The average molecular weight is 158 g/mol. The van der Waals surface area contributed by atoms with E-state index in [4.69, 9.17) is 5.73 Å². The summed E-state index contributed by atoms with van der Waals surface area (Å²) in [4.78, 5) is 2.44. The standard InChI is InChI=1S/C9H22N2/c1-5-11(8(2)3)7-9(4)6-10/h8-9H,5-7,10H2,1-4H3. The van der Waals surface area contributed by atoms with E-state index in [1.54, 1.807) is 0 Å². The Kier molecular flexibility index (Phi) is 5.51. The molecule has 0 aliphatic rings. The van der Waals surface area contributed by atoms with E-state index < -0.39 is 0 Å². The number of rotatable bonds is 5. The highest BCUT2D eigenvalue weighted by atomic mass is 15.1. The molecule has 0 aliphatic carbocycles. The second kappa shape index (κ2) is 5.56. The van der Waals surface area contributed by atoms with Gasteiger partial charge in [0.15, 0.2) is 0 Å². The highest BCUT2D eigenvalue weighted by Gasteiger charge is 2.09. The molecule has 0 heterocycles. The minimum Gasteiger partial charge on any atom is -0.330 e. The van der Waals surface area contributed by atoms with Gasteiger partial charge in [0.25, 0.3) is 0 Å². The van der Waals surface area contributed by atoms with Crippen molar-refractivity contribution in [3.8, 4) is 0 Å². The van der Waals surface area contributed by atoms with Crippen LogP contribution in [0.4, 0.5) is 0 Å². The predicted molar refractivity (Wildman–Crippen MR) is 50.6 cm³/mol. The summed E-state index contributed by atoms with van der Waals surface area (Å²) in [5.41, 5.74) is 5.55. The number of nitrogens with two attached hydrogens (primary N) is 1. The van der Waals surface area contributed by atoms with Crippen molar-refractivity contribution in [2.75, 3.05) is 19.6 Å². The molecule has 0 spiro atoms. The molecular formula is C9H22N2. The number of nitrogens with zero attached hydrogens (tertiary/aromatic N) is 1. The van der Waals surface area contributed by atoms with Crippen LogP contribution in [0.3, 0.4) is 0 Å². The molecule has 68 valence electrons. The minimum atomic E-state index is 0.623.